The van der Waals surface area contributed by atoms with E-state index < -0.39 is 0 Å². The maximum atomic E-state index is 12.7. The number of rotatable bonds is 7. The van der Waals surface area contributed by atoms with Crippen molar-refractivity contribution in [1.29, 1.82) is 0 Å². The van der Waals surface area contributed by atoms with Crippen molar-refractivity contribution in [2.75, 3.05) is 32.0 Å². The minimum absolute atomic E-state index is 0.0145. The fourth-order valence-corrected chi connectivity index (χ4v) is 4.97. The van der Waals surface area contributed by atoms with Crippen molar-refractivity contribution in [3.63, 3.8) is 0 Å². The van der Waals surface area contributed by atoms with Gasteiger partial charge in [0.15, 0.2) is 5.96 Å². The van der Waals surface area contributed by atoms with Crippen molar-refractivity contribution in [2.45, 2.75) is 19.8 Å². The van der Waals surface area contributed by atoms with Crippen LogP contribution in [-0.2, 0) is 20.8 Å². The Hall–Kier alpha value is -3.16. The number of hydrogen-bond acceptors (Lipinski definition) is 4. The highest BCUT2D eigenvalue weighted by Crippen LogP contribution is 2.52. The van der Waals surface area contributed by atoms with Gasteiger partial charge in [0, 0.05) is 39.3 Å². The molecule has 1 saturated carbocycles. The topological polar surface area (TPSA) is 103 Å². The van der Waals surface area contributed by atoms with Crippen molar-refractivity contribution < 1.29 is 14.4 Å². The van der Waals surface area contributed by atoms with Crippen molar-refractivity contribution in [3.05, 3.63) is 42.0 Å². The molecule has 8 nitrogen and oxygen atoms in total. The Balaban J connectivity index is 1.20. The summed E-state index contributed by atoms with van der Waals surface area (Å²) in [6, 6.07) is 7.72. The molecule has 164 valence electrons. The van der Waals surface area contributed by atoms with Crippen LogP contribution in [0.3, 0.4) is 0 Å². The molecule has 4 atom stereocenters. The van der Waals surface area contributed by atoms with Gasteiger partial charge in [-0.1, -0.05) is 24.3 Å². The zero-order chi connectivity index (χ0) is 22.0. The first-order chi connectivity index (χ1) is 15.0. The Morgan fingerprint density at radius 3 is 2.23 bits per heavy atom. The number of carbonyl (C=O) groups is 3. The van der Waals surface area contributed by atoms with Gasteiger partial charge in [-0.25, -0.2) is 0 Å². The van der Waals surface area contributed by atoms with E-state index in [0.29, 0.717) is 25.6 Å². The van der Waals surface area contributed by atoms with Crippen LogP contribution < -0.4 is 16.0 Å². The third-order valence-electron chi connectivity index (χ3n) is 6.39. The first-order valence-corrected chi connectivity index (χ1v) is 10.8. The lowest BCUT2D eigenvalue weighted by molar-refractivity contribution is -0.140. The van der Waals surface area contributed by atoms with Gasteiger partial charge in [-0.05, 0) is 42.4 Å². The summed E-state index contributed by atoms with van der Waals surface area (Å²) in [6.07, 6.45) is 5.96. The number of aliphatic imine (C=N–C) groups is 1. The molecule has 3 amide bonds. The summed E-state index contributed by atoms with van der Waals surface area (Å²) in [5.41, 5.74) is 1.92. The number of nitrogens with zero attached hydrogens (tertiary/aromatic N) is 2. The van der Waals surface area contributed by atoms with Crippen molar-refractivity contribution >= 4 is 29.4 Å². The predicted octanol–water partition coefficient (Wildman–Crippen LogP) is 1.16. The Morgan fingerprint density at radius 2 is 1.65 bits per heavy atom. The van der Waals surface area contributed by atoms with Gasteiger partial charge in [0.25, 0.3) is 0 Å². The molecule has 0 radical (unpaired) electrons. The highest BCUT2D eigenvalue weighted by Gasteiger charge is 2.58. The number of imide groups is 1. The van der Waals surface area contributed by atoms with E-state index in [0.717, 1.165) is 24.1 Å². The van der Waals surface area contributed by atoms with E-state index in [1.165, 1.54) is 11.8 Å². The molecule has 31 heavy (non-hydrogen) atoms. The molecule has 1 aromatic rings. The van der Waals surface area contributed by atoms with Gasteiger partial charge >= 0.3 is 0 Å². The van der Waals surface area contributed by atoms with E-state index >= 15 is 0 Å². The molecule has 3 N–H and O–H groups in total. The molecular weight excluding hydrogens is 394 g/mol. The molecule has 2 fully saturated rings. The number of carbonyl (C=O) groups excluding carboxylic acids is 3. The third-order valence-corrected chi connectivity index (χ3v) is 6.39. The van der Waals surface area contributed by atoms with E-state index in [-0.39, 0.29) is 41.4 Å². The Labute approximate surface area is 182 Å². The summed E-state index contributed by atoms with van der Waals surface area (Å²) < 4.78 is 0. The fraction of sp³-hybridized carbons (Fsp3) is 0.478. The number of nitrogens with one attached hydrogen (secondary N) is 3. The summed E-state index contributed by atoms with van der Waals surface area (Å²) in [6.45, 7) is 2.98. The second-order valence-corrected chi connectivity index (χ2v) is 8.38. The number of anilines is 1. The number of hydrogen-bond donors (Lipinski definition) is 3. The first-order valence-electron chi connectivity index (χ1n) is 10.8. The molecular formula is C23H29N5O3. The maximum Gasteiger partial charge on any atom is 0.233 e. The standard InChI is InChI=1S/C23H29N5O3/c1-14(29)27-18-7-3-15(4-8-18)9-10-25-23(24-2)26-11-12-28-21(30)19-16-5-6-17(13-16)20(19)22(28)31/h3-8,16-17,19-20H,9-13H2,1-2H3,(H,27,29)(H2,24,25,26). The number of amides is 3. The summed E-state index contributed by atoms with van der Waals surface area (Å²) in [7, 11) is 1.69. The molecule has 0 spiro atoms. The van der Waals surface area contributed by atoms with Gasteiger partial charge in [-0.15, -0.1) is 0 Å². The van der Waals surface area contributed by atoms with Crippen LogP contribution in [0.2, 0.25) is 0 Å². The number of fused-ring (bicyclic) bond motifs is 5. The average Bonchev–Trinajstić information content (AvgIpc) is 3.43. The molecule has 1 saturated heterocycles. The van der Waals surface area contributed by atoms with E-state index in [1.54, 1.807) is 7.05 Å². The van der Waals surface area contributed by atoms with Crippen LogP contribution >= 0.6 is 0 Å². The summed E-state index contributed by atoms with van der Waals surface area (Å²) in [4.78, 5) is 42.2. The largest absolute Gasteiger partial charge is 0.356 e. The molecule has 0 aromatic heterocycles. The highest BCUT2D eigenvalue weighted by atomic mass is 16.2. The molecule has 1 heterocycles. The predicted molar refractivity (Wildman–Crippen MR) is 118 cm³/mol. The number of benzene rings is 1. The summed E-state index contributed by atoms with van der Waals surface area (Å²) in [5, 5.41) is 9.19. The smallest absolute Gasteiger partial charge is 0.233 e. The average molecular weight is 424 g/mol. The Kier molecular flexibility index (Phi) is 6.06. The van der Waals surface area contributed by atoms with Crippen LogP contribution in [0.5, 0.6) is 0 Å². The van der Waals surface area contributed by atoms with Crippen LogP contribution in [0.25, 0.3) is 0 Å². The SMILES string of the molecule is CN=C(NCCc1ccc(NC(C)=O)cc1)NCCN1C(=O)C2C3C=CC(C3)C2C1=O. The van der Waals surface area contributed by atoms with E-state index in [1.807, 2.05) is 24.3 Å². The normalized spacial score (nSPS) is 26.4. The molecule has 4 unspecified atom stereocenters. The second kappa shape index (κ2) is 8.91. The van der Waals surface area contributed by atoms with Crippen LogP contribution in [0.1, 0.15) is 18.9 Å². The lowest BCUT2D eigenvalue weighted by atomic mass is 9.85. The van der Waals surface area contributed by atoms with Crippen LogP contribution in [0.15, 0.2) is 41.4 Å². The quantitative estimate of drug-likeness (QED) is 0.264. The fourth-order valence-electron chi connectivity index (χ4n) is 4.97. The minimum Gasteiger partial charge on any atom is -0.356 e. The van der Waals surface area contributed by atoms with Gasteiger partial charge in [0.2, 0.25) is 17.7 Å². The third kappa shape index (κ3) is 4.33. The van der Waals surface area contributed by atoms with Gasteiger partial charge in [-0.2, -0.15) is 0 Å². The van der Waals surface area contributed by atoms with Crippen molar-refractivity contribution in [1.82, 2.24) is 15.5 Å². The molecule has 2 aliphatic carbocycles. The van der Waals surface area contributed by atoms with Gasteiger partial charge < -0.3 is 16.0 Å². The summed E-state index contributed by atoms with van der Waals surface area (Å²) >= 11 is 0. The highest BCUT2D eigenvalue weighted by molar-refractivity contribution is 6.06. The number of guanidine groups is 1. The van der Waals surface area contributed by atoms with Gasteiger partial charge in [0.1, 0.15) is 0 Å². The molecule has 2 bridgehead atoms. The zero-order valence-electron chi connectivity index (χ0n) is 17.9. The zero-order valence-corrected chi connectivity index (χ0v) is 17.9. The van der Waals surface area contributed by atoms with Crippen LogP contribution in [0, 0.1) is 23.7 Å². The number of likely N-dealkylation sites (tertiary alicyclic amines) is 1. The monoisotopic (exact) mass is 423 g/mol. The Bertz CT molecular complexity index is 894. The molecule has 3 aliphatic rings. The van der Waals surface area contributed by atoms with E-state index in [9.17, 15) is 14.4 Å². The summed E-state index contributed by atoms with van der Waals surface area (Å²) in [5.74, 6) is 0.717. The molecule has 1 aromatic carbocycles. The van der Waals surface area contributed by atoms with Crippen LogP contribution in [-0.4, -0.2) is 55.3 Å². The van der Waals surface area contributed by atoms with Gasteiger partial charge in [0.05, 0.1) is 11.8 Å². The maximum absolute atomic E-state index is 12.7. The molecule has 4 rings (SSSR count). The number of allylic oxidation sites excluding steroid dienone is 2. The van der Waals surface area contributed by atoms with E-state index in [2.05, 4.69) is 33.1 Å². The second-order valence-electron chi connectivity index (χ2n) is 8.38. The molecule has 8 heteroatoms. The Morgan fingerprint density at radius 1 is 1.03 bits per heavy atom. The van der Waals surface area contributed by atoms with Crippen molar-refractivity contribution in [2.24, 2.45) is 28.7 Å². The van der Waals surface area contributed by atoms with Crippen LogP contribution in [0.4, 0.5) is 5.69 Å². The minimum atomic E-state index is -0.142. The molecule has 1 aliphatic heterocycles. The van der Waals surface area contributed by atoms with Crippen molar-refractivity contribution in [3.8, 4) is 0 Å². The van der Waals surface area contributed by atoms with E-state index in [4.69, 9.17) is 0 Å². The lowest BCUT2D eigenvalue weighted by Crippen LogP contribution is -2.44. The lowest BCUT2D eigenvalue weighted by Gasteiger charge is -2.18. The first kappa shape index (κ1) is 21.1. The van der Waals surface area contributed by atoms with Gasteiger partial charge in [-0.3, -0.25) is 24.3 Å².